The van der Waals surface area contributed by atoms with Crippen LogP contribution in [0.5, 0.6) is 0 Å². The van der Waals surface area contributed by atoms with Gasteiger partial charge in [0.2, 0.25) is 0 Å². The van der Waals surface area contributed by atoms with Gasteiger partial charge in [-0.3, -0.25) is 4.79 Å². The molecule has 4 rings (SSSR count). The standard InChI is InChI=1S/C30H32N2O/c1-19-11-12-23(17-20(19)2)28-18-26(25-9-7-8-10-27(25)32-28)29(33)31-21(3)22-13-15-24(16-14-22)30(4,5)6/h7-18,21H,1-6H3,(H,31,33). The van der Waals surface area contributed by atoms with Crippen LogP contribution in [0.3, 0.4) is 0 Å². The average molecular weight is 437 g/mol. The number of amides is 1. The minimum absolute atomic E-state index is 0.0916. The first-order valence-corrected chi connectivity index (χ1v) is 11.5. The van der Waals surface area contributed by atoms with Crippen molar-refractivity contribution in [3.63, 3.8) is 0 Å². The van der Waals surface area contributed by atoms with Crippen molar-refractivity contribution in [2.45, 2.75) is 53.0 Å². The van der Waals surface area contributed by atoms with Crippen molar-refractivity contribution < 1.29 is 4.79 Å². The number of carbonyl (C=O) groups excluding carboxylic acids is 1. The molecule has 4 aromatic rings. The van der Waals surface area contributed by atoms with Crippen LogP contribution in [0.15, 0.2) is 72.8 Å². The molecule has 3 aromatic carbocycles. The van der Waals surface area contributed by atoms with Crippen molar-refractivity contribution in [3.05, 3.63) is 101 Å². The predicted octanol–water partition coefficient (Wildman–Crippen LogP) is 7.31. The van der Waals surface area contributed by atoms with E-state index in [0.29, 0.717) is 5.56 Å². The van der Waals surface area contributed by atoms with E-state index in [1.54, 1.807) is 0 Å². The molecule has 1 aromatic heterocycles. The van der Waals surface area contributed by atoms with Crippen molar-refractivity contribution in [1.29, 1.82) is 0 Å². The van der Waals surface area contributed by atoms with Gasteiger partial charge in [-0.15, -0.1) is 0 Å². The molecule has 33 heavy (non-hydrogen) atoms. The Bertz CT molecular complexity index is 1310. The third-order valence-corrected chi connectivity index (χ3v) is 6.39. The summed E-state index contributed by atoms with van der Waals surface area (Å²) in [5.41, 5.74) is 8.21. The number of rotatable bonds is 4. The normalized spacial score (nSPS) is 12.5. The van der Waals surface area contributed by atoms with Gasteiger partial charge in [0.15, 0.2) is 0 Å². The Balaban J connectivity index is 1.68. The van der Waals surface area contributed by atoms with E-state index in [0.717, 1.165) is 27.7 Å². The van der Waals surface area contributed by atoms with Gasteiger partial charge in [0.25, 0.3) is 5.91 Å². The lowest BCUT2D eigenvalue weighted by Gasteiger charge is -2.21. The lowest BCUT2D eigenvalue weighted by molar-refractivity contribution is 0.0941. The summed E-state index contributed by atoms with van der Waals surface area (Å²) in [6, 6.07) is 24.5. The number of nitrogens with one attached hydrogen (secondary N) is 1. The van der Waals surface area contributed by atoms with E-state index in [-0.39, 0.29) is 17.4 Å². The third kappa shape index (κ3) is 4.83. The first-order chi connectivity index (χ1) is 15.6. The number of carbonyl (C=O) groups is 1. The summed E-state index contributed by atoms with van der Waals surface area (Å²) >= 11 is 0. The van der Waals surface area contributed by atoms with Crippen LogP contribution >= 0.6 is 0 Å². The molecule has 3 nitrogen and oxygen atoms in total. The molecule has 0 saturated carbocycles. The van der Waals surface area contributed by atoms with Gasteiger partial charge in [0.1, 0.15) is 0 Å². The van der Waals surface area contributed by atoms with E-state index in [9.17, 15) is 4.79 Å². The van der Waals surface area contributed by atoms with Crippen LogP contribution in [0.2, 0.25) is 0 Å². The van der Waals surface area contributed by atoms with Crippen LogP contribution < -0.4 is 5.32 Å². The lowest BCUT2D eigenvalue weighted by Crippen LogP contribution is -2.27. The third-order valence-electron chi connectivity index (χ3n) is 6.39. The lowest BCUT2D eigenvalue weighted by atomic mass is 9.86. The number of para-hydroxylation sites is 1. The van der Waals surface area contributed by atoms with Crippen molar-refractivity contribution >= 4 is 16.8 Å². The van der Waals surface area contributed by atoms with Crippen molar-refractivity contribution in [2.75, 3.05) is 0 Å². The van der Waals surface area contributed by atoms with Gasteiger partial charge < -0.3 is 5.32 Å². The first-order valence-electron chi connectivity index (χ1n) is 11.5. The molecule has 168 valence electrons. The van der Waals surface area contributed by atoms with Gasteiger partial charge in [-0.05, 0) is 66.6 Å². The van der Waals surface area contributed by atoms with Crippen molar-refractivity contribution in [3.8, 4) is 11.3 Å². The van der Waals surface area contributed by atoms with Crippen molar-refractivity contribution in [2.24, 2.45) is 0 Å². The SMILES string of the molecule is Cc1ccc(-c2cc(C(=O)NC(C)c3ccc(C(C)(C)C)cc3)c3ccccc3n2)cc1C. The fraction of sp³-hybridized carbons (Fsp3) is 0.267. The summed E-state index contributed by atoms with van der Waals surface area (Å²) in [6.45, 7) is 12.8. The summed E-state index contributed by atoms with van der Waals surface area (Å²) in [5.74, 6) is -0.0916. The Hall–Kier alpha value is -3.46. The highest BCUT2D eigenvalue weighted by Crippen LogP contribution is 2.28. The Labute approximate surface area is 196 Å². The number of aryl methyl sites for hydroxylation is 2. The summed E-state index contributed by atoms with van der Waals surface area (Å²) in [5, 5.41) is 4.05. The average Bonchev–Trinajstić information content (AvgIpc) is 2.79. The second-order valence-corrected chi connectivity index (χ2v) is 9.94. The van der Waals surface area contributed by atoms with Crippen LogP contribution in [0.4, 0.5) is 0 Å². The molecule has 0 fully saturated rings. The maximum absolute atomic E-state index is 13.4. The largest absolute Gasteiger partial charge is 0.345 e. The number of pyridine rings is 1. The molecule has 0 aliphatic heterocycles. The molecule has 0 saturated heterocycles. The summed E-state index contributed by atoms with van der Waals surface area (Å²) in [4.78, 5) is 18.3. The molecular weight excluding hydrogens is 404 g/mol. The zero-order valence-corrected chi connectivity index (χ0v) is 20.4. The number of hydrogen-bond donors (Lipinski definition) is 1. The molecule has 0 aliphatic carbocycles. The van der Waals surface area contributed by atoms with Gasteiger partial charge >= 0.3 is 0 Å². The molecule has 1 heterocycles. The van der Waals surface area contributed by atoms with Gasteiger partial charge in [-0.2, -0.15) is 0 Å². The van der Waals surface area contributed by atoms with Gasteiger partial charge in [-0.25, -0.2) is 4.98 Å². The molecule has 0 bridgehead atoms. The quantitative estimate of drug-likeness (QED) is 0.364. The fourth-order valence-electron chi connectivity index (χ4n) is 4.04. The van der Waals surface area contributed by atoms with Crippen LogP contribution in [0.25, 0.3) is 22.2 Å². The molecule has 3 heteroatoms. The van der Waals surface area contributed by atoms with Crippen molar-refractivity contribution in [1.82, 2.24) is 10.3 Å². The topological polar surface area (TPSA) is 42.0 Å². The maximum Gasteiger partial charge on any atom is 0.252 e. The molecule has 1 N–H and O–H groups in total. The predicted molar refractivity (Wildman–Crippen MR) is 138 cm³/mol. The Morgan fingerprint density at radius 1 is 0.879 bits per heavy atom. The minimum atomic E-state index is -0.108. The minimum Gasteiger partial charge on any atom is -0.345 e. The highest BCUT2D eigenvalue weighted by Gasteiger charge is 2.18. The second-order valence-electron chi connectivity index (χ2n) is 9.94. The number of aromatic nitrogens is 1. The van der Waals surface area contributed by atoms with E-state index in [4.69, 9.17) is 4.98 Å². The highest BCUT2D eigenvalue weighted by molar-refractivity contribution is 6.07. The molecule has 0 aliphatic rings. The number of benzene rings is 3. The maximum atomic E-state index is 13.4. The number of nitrogens with zero attached hydrogens (tertiary/aromatic N) is 1. The zero-order chi connectivity index (χ0) is 23.8. The first kappa shape index (κ1) is 22.7. The van der Waals surface area contributed by atoms with Crippen LogP contribution in [0, 0.1) is 13.8 Å². The molecule has 1 atom stereocenters. The van der Waals surface area contributed by atoms with Gasteiger partial charge in [0, 0.05) is 10.9 Å². The number of hydrogen-bond acceptors (Lipinski definition) is 2. The molecule has 1 amide bonds. The molecular formula is C30H32N2O. The van der Waals surface area contributed by atoms with Crippen LogP contribution in [-0.2, 0) is 5.41 Å². The molecule has 1 unspecified atom stereocenters. The summed E-state index contributed by atoms with van der Waals surface area (Å²) in [6.07, 6.45) is 0. The smallest absolute Gasteiger partial charge is 0.252 e. The van der Waals surface area contributed by atoms with E-state index in [1.165, 1.54) is 16.7 Å². The Morgan fingerprint density at radius 3 is 2.24 bits per heavy atom. The van der Waals surface area contributed by atoms with Crippen LogP contribution in [-0.4, -0.2) is 10.9 Å². The fourth-order valence-corrected chi connectivity index (χ4v) is 4.04. The Morgan fingerprint density at radius 2 is 1.58 bits per heavy atom. The number of fused-ring (bicyclic) bond motifs is 1. The van der Waals surface area contributed by atoms with E-state index in [1.807, 2.05) is 37.3 Å². The van der Waals surface area contributed by atoms with E-state index < -0.39 is 0 Å². The zero-order valence-electron chi connectivity index (χ0n) is 20.4. The second kappa shape index (κ2) is 8.82. The Kier molecular flexibility index (Phi) is 6.07. The monoisotopic (exact) mass is 436 g/mol. The van der Waals surface area contributed by atoms with E-state index >= 15 is 0 Å². The van der Waals surface area contributed by atoms with Gasteiger partial charge in [-0.1, -0.05) is 75.4 Å². The molecule has 0 spiro atoms. The summed E-state index contributed by atoms with van der Waals surface area (Å²) < 4.78 is 0. The van der Waals surface area contributed by atoms with Gasteiger partial charge in [0.05, 0.1) is 22.8 Å². The van der Waals surface area contributed by atoms with Crippen LogP contribution in [0.1, 0.15) is 66.3 Å². The van der Waals surface area contributed by atoms with E-state index in [2.05, 4.69) is 82.4 Å². The highest BCUT2D eigenvalue weighted by atomic mass is 16.1. The molecule has 0 radical (unpaired) electrons. The summed E-state index contributed by atoms with van der Waals surface area (Å²) in [7, 11) is 0.